The zero-order valence-corrected chi connectivity index (χ0v) is 14.2. The summed E-state index contributed by atoms with van der Waals surface area (Å²) in [6.45, 7) is 12.5. The average Bonchev–Trinajstić information content (AvgIpc) is 2.25. The van der Waals surface area contributed by atoms with Crippen molar-refractivity contribution in [3.05, 3.63) is 0 Å². The Hall–Kier alpha value is -0.730. The van der Waals surface area contributed by atoms with Crippen LogP contribution in [0.5, 0.6) is 0 Å². The van der Waals surface area contributed by atoms with Gasteiger partial charge in [-0.1, -0.05) is 26.7 Å². The fraction of sp³-hybridized carbons (Fsp3) is 0.941. The van der Waals surface area contributed by atoms with Crippen molar-refractivity contribution in [2.45, 2.75) is 97.8 Å². The third-order valence-electron chi connectivity index (χ3n) is 3.95. The van der Waals surface area contributed by atoms with Gasteiger partial charge in [0.1, 0.15) is 5.60 Å². The van der Waals surface area contributed by atoms with Gasteiger partial charge in [0.2, 0.25) is 0 Å². The lowest BCUT2D eigenvalue weighted by atomic mass is 9.92. The van der Waals surface area contributed by atoms with Gasteiger partial charge in [-0.15, -0.1) is 0 Å². The fourth-order valence-corrected chi connectivity index (χ4v) is 2.98. The molecule has 1 saturated heterocycles. The van der Waals surface area contributed by atoms with Gasteiger partial charge in [-0.3, -0.25) is 0 Å². The molecular weight excluding hydrogens is 250 g/mol. The van der Waals surface area contributed by atoms with E-state index >= 15 is 0 Å². The Labute approximate surface area is 125 Å². The molecule has 0 aromatic rings. The Balaban J connectivity index is 2.62. The zero-order chi connectivity index (χ0) is 15.3. The maximum absolute atomic E-state index is 12.4. The molecule has 0 bridgehead atoms. The Morgan fingerprint density at radius 1 is 1.30 bits per heavy atom. The number of nitrogens with zero attached hydrogens (tertiary/aromatic N) is 1. The van der Waals surface area contributed by atoms with E-state index in [4.69, 9.17) is 4.74 Å². The molecule has 1 amide bonds. The van der Waals surface area contributed by atoms with E-state index in [1.165, 1.54) is 19.3 Å². The summed E-state index contributed by atoms with van der Waals surface area (Å²) in [5, 5.41) is 0. The van der Waals surface area contributed by atoms with Crippen LogP contribution in [-0.2, 0) is 4.74 Å². The highest BCUT2D eigenvalue weighted by Gasteiger charge is 2.34. The molecule has 20 heavy (non-hydrogen) atoms. The fourth-order valence-electron chi connectivity index (χ4n) is 2.98. The van der Waals surface area contributed by atoms with Crippen LogP contribution in [-0.4, -0.2) is 28.7 Å². The summed E-state index contributed by atoms with van der Waals surface area (Å²) in [6, 6.07) is 0.676. The lowest BCUT2D eigenvalue weighted by molar-refractivity contribution is -0.00437. The van der Waals surface area contributed by atoms with Crippen molar-refractivity contribution >= 4 is 6.09 Å². The van der Waals surface area contributed by atoms with Gasteiger partial charge in [-0.2, -0.15) is 0 Å². The van der Waals surface area contributed by atoms with E-state index in [1.807, 2.05) is 25.7 Å². The van der Waals surface area contributed by atoms with Crippen LogP contribution in [0, 0.1) is 5.92 Å². The Morgan fingerprint density at radius 3 is 2.50 bits per heavy atom. The minimum Gasteiger partial charge on any atom is -0.444 e. The van der Waals surface area contributed by atoms with E-state index in [0.29, 0.717) is 12.1 Å². The first kappa shape index (κ1) is 17.3. The second-order valence-electron chi connectivity index (χ2n) is 7.65. The second-order valence-corrected chi connectivity index (χ2v) is 7.65. The summed E-state index contributed by atoms with van der Waals surface area (Å²) in [5.41, 5.74) is -0.406. The molecule has 1 rings (SSSR count). The van der Waals surface area contributed by atoms with Crippen molar-refractivity contribution in [1.29, 1.82) is 0 Å². The number of carbonyl (C=O) groups is 1. The lowest BCUT2D eigenvalue weighted by Gasteiger charge is -2.41. The van der Waals surface area contributed by atoms with E-state index in [9.17, 15) is 4.79 Å². The minimum atomic E-state index is -0.406. The van der Waals surface area contributed by atoms with Crippen molar-refractivity contribution in [3.8, 4) is 0 Å². The first-order valence-electron chi connectivity index (χ1n) is 8.22. The topological polar surface area (TPSA) is 29.5 Å². The number of amides is 1. The number of hydrogen-bond donors (Lipinski definition) is 0. The number of ether oxygens (including phenoxy) is 1. The second kappa shape index (κ2) is 7.33. The Bertz CT molecular complexity index is 307. The summed E-state index contributed by atoms with van der Waals surface area (Å²) in [5.74, 6) is 0.742. The van der Waals surface area contributed by atoms with E-state index < -0.39 is 5.60 Å². The van der Waals surface area contributed by atoms with Crippen LogP contribution in [0.2, 0.25) is 0 Å². The Kier molecular flexibility index (Phi) is 6.35. The maximum Gasteiger partial charge on any atom is 0.410 e. The van der Waals surface area contributed by atoms with Crippen molar-refractivity contribution in [1.82, 2.24) is 4.90 Å². The van der Waals surface area contributed by atoms with Gasteiger partial charge in [-0.25, -0.2) is 4.79 Å². The van der Waals surface area contributed by atoms with Crippen LogP contribution in [0.4, 0.5) is 4.79 Å². The molecule has 0 aliphatic carbocycles. The molecule has 3 nitrogen and oxygen atoms in total. The van der Waals surface area contributed by atoms with Crippen LogP contribution in [0.3, 0.4) is 0 Å². The highest BCUT2D eigenvalue weighted by molar-refractivity contribution is 5.69. The van der Waals surface area contributed by atoms with Crippen molar-refractivity contribution in [2.24, 2.45) is 5.92 Å². The smallest absolute Gasteiger partial charge is 0.410 e. The predicted molar refractivity (Wildman–Crippen MR) is 83.9 cm³/mol. The molecule has 0 aromatic heterocycles. The van der Waals surface area contributed by atoms with E-state index in [0.717, 1.165) is 25.2 Å². The van der Waals surface area contributed by atoms with E-state index in [-0.39, 0.29) is 6.09 Å². The van der Waals surface area contributed by atoms with Crippen LogP contribution in [0.25, 0.3) is 0 Å². The van der Waals surface area contributed by atoms with Crippen molar-refractivity contribution in [3.63, 3.8) is 0 Å². The number of hydrogen-bond acceptors (Lipinski definition) is 2. The van der Waals surface area contributed by atoms with E-state index in [1.54, 1.807) is 0 Å². The normalized spacial score (nSPS) is 24.1. The number of piperidine rings is 1. The molecule has 1 heterocycles. The molecule has 1 aliphatic heterocycles. The first-order valence-corrected chi connectivity index (χ1v) is 8.22. The van der Waals surface area contributed by atoms with Crippen LogP contribution in [0.1, 0.15) is 80.1 Å². The molecule has 1 aliphatic rings. The molecule has 0 radical (unpaired) electrons. The molecule has 1 fully saturated rings. The maximum atomic E-state index is 12.4. The quantitative estimate of drug-likeness (QED) is 0.727. The highest BCUT2D eigenvalue weighted by Crippen LogP contribution is 2.28. The van der Waals surface area contributed by atoms with E-state index in [2.05, 4.69) is 20.8 Å². The molecule has 0 spiro atoms. The van der Waals surface area contributed by atoms with Gasteiger partial charge in [0, 0.05) is 12.1 Å². The molecule has 3 heteroatoms. The van der Waals surface area contributed by atoms with Crippen molar-refractivity contribution in [2.75, 3.05) is 0 Å². The summed E-state index contributed by atoms with van der Waals surface area (Å²) in [4.78, 5) is 14.4. The first-order chi connectivity index (χ1) is 9.20. The average molecular weight is 283 g/mol. The standard InChI is InChI=1S/C17H33NO2/c1-13(2)9-7-11-15-12-8-10-14(3)18(15)16(19)20-17(4,5)6/h13-15H,7-12H2,1-6H3/t14-,15-/m1/s1. The largest absolute Gasteiger partial charge is 0.444 e. The molecule has 0 N–H and O–H groups in total. The van der Waals surface area contributed by atoms with Gasteiger partial charge in [0.15, 0.2) is 0 Å². The monoisotopic (exact) mass is 283 g/mol. The Morgan fingerprint density at radius 2 is 1.95 bits per heavy atom. The minimum absolute atomic E-state index is 0.126. The van der Waals surface area contributed by atoms with Crippen LogP contribution >= 0.6 is 0 Å². The summed E-state index contributed by atoms with van der Waals surface area (Å²) in [6.07, 6.45) is 6.89. The molecule has 0 aromatic carbocycles. The predicted octanol–water partition coefficient (Wildman–Crippen LogP) is 4.99. The molecule has 2 atom stereocenters. The third kappa shape index (κ3) is 5.72. The highest BCUT2D eigenvalue weighted by atomic mass is 16.6. The number of likely N-dealkylation sites (tertiary alicyclic amines) is 1. The van der Waals surface area contributed by atoms with Crippen LogP contribution in [0.15, 0.2) is 0 Å². The van der Waals surface area contributed by atoms with Gasteiger partial charge >= 0.3 is 6.09 Å². The molecular formula is C17H33NO2. The molecule has 0 saturated carbocycles. The SMILES string of the molecule is CC(C)CCC[C@@H]1CCC[C@@H](C)N1C(=O)OC(C)(C)C. The van der Waals surface area contributed by atoms with Gasteiger partial charge in [0.05, 0.1) is 0 Å². The lowest BCUT2D eigenvalue weighted by Crippen LogP contribution is -2.50. The molecule has 0 unspecified atom stereocenters. The third-order valence-corrected chi connectivity index (χ3v) is 3.95. The molecule has 118 valence electrons. The number of carbonyl (C=O) groups excluding carboxylic acids is 1. The van der Waals surface area contributed by atoms with Crippen LogP contribution < -0.4 is 0 Å². The summed E-state index contributed by atoms with van der Waals surface area (Å²) < 4.78 is 5.59. The van der Waals surface area contributed by atoms with Gasteiger partial charge in [0.25, 0.3) is 0 Å². The summed E-state index contributed by atoms with van der Waals surface area (Å²) >= 11 is 0. The number of rotatable bonds is 4. The van der Waals surface area contributed by atoms with Gasteiger partial charge < -0.3 is 9.64 Å². The van der Waals surface area contributed by atoms with Crippen molar-refractivity contribution < 1.29 is 9.53 Å². The van der Waals surface area contributed by atoms with Gasteiger partial charge in [-0.05, 0) is 59.3 Å². The summed E-state index contributed by atoms with van der Waals surface area (Å²) in [7, 11) is 0. The zero-order valence-electron chi connectivity index (χ0n) is 14.2.